The van der Waals surface area contributed by atoms with Gasteiger partial charge in [-0.2, -0.15) is 24.4 Å². The lowest BCUT2D eigenvalue weighted by molar-refractivity contribution is -0.132. The molecule has 4 atom stereocenters. The van der Waals surface area contributed by atoms with Crippen LogP contribution < -0.4 is 54.8 Å². The van der Waals surface area contributed by atoms with Gasteiger partial charge in [0.2, 0.25) is 47.3 Å². The fourth-order valence-corrected chi connectivity index (χ4v) is 6.06. The zero-order valence-corrected chi connectivity index (χ0v) is 31.8. The van der Waals surface area contributed by atoms with E-state index in [1.807, 2.05) is 0 Å². The maximum atomic E-state index is 13.1. The third kappa shape index (κ3) is 15.7. The topological polar surface area (TPSA) is 347 Å². The largest absolute Gasteiger partial charge is 0.370 e. The highest BCUT2D eigenvalue weighted by Gasteiger charge is 2.28. The van der Waals surface area contributed by atoms with Gasteiger partial charge in [0, 0.05) is 28.4 Å². The van der Waals surface area contributed by atoms with Crippen molar-refractivity contribution in [3.63, 3.8) is 0 Å². The molecule has 0 radical (unpaired) electrons. The summed E-state index contributed by atoms with van der Waals surface area (Å²) < 4.78 is 0. The van der Waals surface area contributed by atoms with Crippen LogP contribution in [0, 0.1) is 0 Å². The fraction of sp³-hybridized carbons (Fsp3) is 0.353. The number of nitrogens with one attached hydrogen (secondary N) is 6. The SMILES string of the molecule is C[C@H](NC(=O)[C@H](CC(N)=O)NC(=O)CNC(=O)c1ccccc1CSC[C@H](NC(=O)[C@H](CC(N)=O)NC(=O)CNC(=O)c1ccccc1CS)C(N)=O)C(N)=O. The molecule has 2 rings (SSSR count). The molecule has 14 N–H and O–H groups in total. The Labute approximate surface area is 330 Å². The van der Waals surface area contributed by atoms with E-state index < -0.39 is 109 Å². The van der Waals surface area contributed by atoms with E-state index in [1.165, 1.54) is 13.0 Å². The molecule has 0 fully saturated rings. The molecule has 302 valence electrons. The number of amides is 10. The van der Waals surface area contributed by atoms with E-state index in [-0.39, 0.29) is 22.8 Å². The minimum Gasteiger partial charge on any atom is -0.370 e. The molecule has 0 aromatic heterocycles. The Bertz CT molecular complexity index is 1830. The van der Waals surface area contributed by atoms with Crippen molar-refractivity contribution in [3.05, 3.63) is 70.8 Å². The Balaban J connectivity index is 2.00. The molecule has 20 nitrogen and oxygen atoms in total. The standard InChI is InChI=1S/C34H44N10O10S2/c1-17(29(37)49)41-33(53)22(10-25(35)45)42-27(47)13-40-32(52)21-9-5-3-7-19(21)15-56-16-24(30(38)50)44-34(54)23(11-26(36)46)43-28(48)12-39-31(51)20-8-4-2-6-18(20)14-55/h2-9,17,22-24,55H,10-16H2,1H3,(H2,35,45)(H2,36,46)(H2,37,49)(H2,38,50)(H,39,51)(H,40,52)(H,41,53)(H,42,47)(H,43,48)(H,44,54)/t17-,22-,23-,24-/m0/s1. The zero-order chi connectivity index (χ0) is 41.9. The van der Waals surface area contributed by atoms with Crippen molar-refractivity contribution >= 4 is 83.5 Å². The van der Waals surface area contributed by atoms with Crippen LogP contribution in [-0.2, 0) is 49.9 Å². The maximum Gasteiger partial charge on any atom is 0.252 e. The summed E-state index contributed by atoms with van der Waals surface area (Å²) in [6.07, 6.45) is -1.24. The van der Waals surface area contributed by atoms with Gasteiger partial charge in [-0.25, -0.2) is 0 Å². The summed E-state index contributed by atoms with van der Waals surface area (Å²) in [5, 5.41) is 14.0. The lowest BCUT2D eigenvalue weighted by Gasteiger charge is -2.21. The third-order valence-electron chi connectivity index (χ3n) is 7.61. The Morgan fingerprint density at radius 1 is 0.607 bits per heavy atom. The number of hydrogen-bond acceptors (Lipinski definition) is 12. The Morgan fingerprint density at radius 3 is 1.50 bits per heavy atom. The molecule has 0 bridgehead atoms. The molecule has 10 amide bonds. The van der Waals surface area contributed by atoms with Crippen LogP contribution in [0.5, 0.6) is 0 Å². The van der Waals surface area contributed by atoms with E-state index in [2.05, 4.69) is 44.5 Å². The van der Waals surface area contributed by atoms with Crippen molar-refractivity contribution in [1.29, 1.82) is 0 Å². The van der Waals surface area contributed by atoms with Crippen LogP contribution in [0.4, 0.5) is 0 Å². The highest BCUT2D eigenvalue weighted by atomic mass is 32.2. The van der Waals surface area contributed by atoms with Gasteiger partial charge in [0.25, 0.3) is 11.8 Å². The number of carbonyl (C=O) groups excluding carboxylic acids is 10. The van der Waals surface area contributed by atoms with E-state index in [0.29, 0.717) is 16.7 Å². The molecule has 2 aromatic rings. The maximum absolute atomic E-state index is 13.1. The van der Waals surface area contributed by atoms with Gasteiger partial charge in [-0.05, 0) is 30.2 Å². The van der Waals surface area contributed by atoms with Crippen molar-refractivity contribution in [1.82, 2.24) is 31.9 Å². The third-order valence-corrected chi connectivity index (χ3v) is 9.04. The van der Waals surface area contributed by atoms with Gasteiger partial charge in [0.1, 0.15) is 24.2 Å². The van der Waals surface area contributed by atoms with Crippen molar-refractivity contribution in [2.45, 2.75) is 55.4 Å². The molecule has 0 heterocycles. The van der Waals surface area contributed by atoms with E-state index in [4.69, 9.17) is 22.9 Å². The van der Waals surface area contributed by atoms with Crippen LogP contribution in [0.1, 0.15) is 51.6 Å². The quantitative estimate of drug-likeness (QED) is 0.0483. The van der Waals surface area contributed by atoms with E-state index in [9.17, 15) is 47.9 Å². The molecule has 56 heavy (non-hydrogen) atoms. The average Bonchev–Trinajstić information content (AvgIpc) is 3.14. The first-order valence-corrected chi connectivity index (χ1v) is 18.5. The van der Waals surface area contributed by atoms with Crippen molar-refractivity contribution in [2.75, 3.05) is 18.8 Å². The summed E-state index contributed by atoms with van der Waals surface area (Å²) in [4.78, 5) is 123. The molecule has 2 aromatic carbocycles. The predicted octanol–water partition coefficient (Wildman–Crippen LogP) is -3.81. The molecule has 0 saturated heterocycles. The lowest BCUT2D eigenvalue weighted by Crippen LogP contribution is -2.55. The van der Waals surface area contributed by atoms with Crippen LogP contribution >= 0.6 is 24.4 Å². The normalized spacial score (nSPS) is 12.7. The van der Waals surface area contributed by atoms with Crippen LogP contribution in [0.15, 0.2) is 48.5 Å². The van der Waals surface area contributed by atoms with E-state index in [1.54, 1.807) is 42.5 Å². The zero-order valence-electron chi connectivity index (χ0n) is 30.1. The molecule has 0 aliphatic rings. The summed E-state index contributed by atoms with van der Waals surface area (Å²) in [7, 11) is 0. The van der Waals surface area contributed by atoms with Crippen LogP contribution in [0.25, 0.3) is 0 Å². The summed E-state index contributed by atoms with van der Waals surface area (Å²) >= 11 is 5.27. The lowest BCUT2D eigenvalue weighted by atomic mass is 10.1. The highest BCUT2D eigenvalue weighted by molar-refractivity contribution is 7.98. The van der Waals surface area contributed by atoms with Crippen molar-refractivity contribution < 1.29 is 47.9 Å². The second-order valence-corrected chi connectivity index (χ2v) is 13.4. The fourth-order valence-electron chi connectivity index (χ4n) is 4.71. The van der Waals surface area contributed by atoms with E-state index in [0.717, 1.165) is 11.8 Å². The molecule has 0 saturated carbocycles. The van der Waals surface area contributed by atoms with Gasteiger partial charge in [-0.3, -0.25) is 47.9 Å². The average molecular weight is 817 g/mol. The summed E-state index contributed by atoms with van der Waals surface area (Å²) in [5.74, 6) is -8.22. The van der Waals surface area contributed by atoms with Crippen LogP contribution in [-0.4, -0.2) is 102 Å². The molecule has 0 unspecified atom stereocenters. The van der Waals surface area contributed by atoms with Crippen molar-refractivity contribution in [2.24, 2.45) is 22.9 Å². The number of benzene rings is 2. The van der Waals surface area contributed by atoms with Crippen molar-refractivity contribution in [3.8, 4) is 0 Å². The number of carbonyl (C=O) groups is 10. The Hall–Kier alpha value is -6.16. The second kappa shape index (κ2) is 22.9. The minimum absolute atomic E-state index is 0.103. The molecule has 22 heteroatoms. The van der Waals surface area contributed by atoms with Gasteiger partial charge in [0.15, 0.2) is 0 Å². The summed E-state index contributed by atoms with van der Waals surface area (Å²) in [6, 6.07) is 7.46. The van der Waals surface area contributed by atoms with Crippen LogP contribution in [0.2, 0.25) is 0 Å². The van der Waals surface area contributed by atoms with Gasteiger partial charge < -0.3 is 54.8 Å². The first-order chi connectivity index (χ1) is 26.4. The Morgan fingerprint density at radius 2 is 1.05 bits per heavy atom. The molecular weight excluding hydrogens is 773 g/mol. The summed E-state index contributed by atoms with van der Waals surface area (Å²) in [6.45, 7) is 0.121. The van der Waals surface area contributed by atoms with Gasteiger partial charge >= 0.3 is 0 Å². The minimum atomic E-state index is -1.52. The number of primary amides is 4. The molecule has 0 spiro atoms. The molecular formula is C34H44N10O10S2. The highest BCUT2D eigenvalue weighted by Crippen LogP contribution is 2.18. The number of hydrogen-bond donors (Lipinski definition) is 11. The van der Waals surface area contributed by atoms with Crippen LogP contribution in [0.3, 0.4) is 0 Å². The molecule has 0 aliphatic heterocycles. The monoisotopic (exact) mass is 816 g/mol. The second-order valence-electron chi connectivity index (χ2n) is 12.0. The van der Waals surface area contributed by atoms with Gasteiger partial charge in [-0.15, -0.1) is 0 Å². The van der Waals surface area contributed by atoms with Gasteiger partial charge in [0.05, 0.1) is 25.9 Å². The first-order valence-electron chi connectivity index (χ1n) is 16.7. The predicted molar refractivity (Wildman–Crippen MR) is 206 cm³/mol. The molecule has 0 aliphatic carbocycles. The first kappa shape index (κ1) is 46.0. The summed E-state index contributed by atoms with van der Waals surface area (Å²) in [5.41, 5.74) is 22.6. The smallest absolute Gasteiger partial charge is 0.252 e. The number of thioether (sulfide) groups is 1. The number of nitrogens with two attached hydrogens (primary N) is 4. The van der Waals surface area contributed by atoms with E-state index >= 15 is 0 Å². The number of rotatable bonds is 23. The number of thiol groups is 1. The Kier molecular flexibility index (Phi) is 18.8. The van der Waals surface area contributed by atoms with Gasteiger partial charge in [-0.1, -0.05) is 36.4 Å².